The monoisotopic (exact) mass is 412 g/mol. The summed E-state index contributed by atoms with van der Waals surface area (Å²) in [5, 5.41) is 18.6. The maximum absolute atomic E-state index is 13.9. The van der Waals surface area contributed by atoms with E-state index < -0.39 is 12.3 Å². The molecule has 0 radical (unpaired) electrons. The van der Waals surface area contributed by atoms with Gasteiger partial charge in [-0.25, -0.2) is 4.39 Å². The van der Waals surface area contributed by atoms with Gasteiger partial charge < -0.3 is 14.9 Å². The number of aliphatic hydroxyl groups excluding tert-OH is 2. The predicted octanol–water partition coefficient (Wildman–Crippen LogP) is 4.07. The zero-order valence-corrected chi connectivity index (χ0v) is 17.6. The van der Waals surface area contributed by atoms with E-state index in [-0.39, 0.29) is 36.8 Å². The van der Waals surface area contributed by atoms with Crippen LogP contribution in [0.25, 0.3) is 0 Å². The lowest BCUT2D eigenvalue weighted by molar-refractivity contribution is -0.143. The molecule has 1 aliphatic carbocycles. The lowest BCUT2D eigenvalue weighted by Gasteiger charge is -2.16. The maximum atomic E-state index is 13.9. The lowest BCUT2D eigenvalue weighted by atomic mass is 9.90. The summed E-state index contributed by atoms with van der Waals surface area (Å²) in [5.74, 6) is -0.0635. The quantitative estimate of drug-likeness (QED) is 0.241. The number of rotatable bonds is 15. The van der Waals surface area contributed by atoms with Crippen LogP contribution in [0.4, 0.5) is 4.39 Å². The molecular formula is C23H37FO5. The van der Waals surface area contributed by atoms with E-state index in [2.05, 4.69) is 0 Å². The molecule has 0 spiro atoms. The van der Waals surface area contributed by atoms with Gasteiger partial charge in [0.1, 0.15) is 18.1 Å². The van der Waals surface area contributed by atoms with Crippen LogP contribution >= 0.6 is 0 Å². The van der Waals surface area contributed by atoms with Gasteiger partial charge in [-0.15, -0.1) is 0 Å². The Morgan fingerprint density at radius 1 is 1.31 bits per heavy atom. The molecule has 29 heavy (non-hydrogen) atoms. The summed E-state index contributed by atoms with van der Waals surface area (Å²) in [6.45, 7) is 2.24. The van der Waals surface area contributed by atoms with E-state index in [1.54, 1.807) is 0 Å². The summed E-state index contributed by atoms with van der Waals surface area (Å²) in [7, 11) is 0. The third-order valence-electron chi connectivity index (χ3n) is 5.31. The number of ketones is 1. The zero-order chi connectivity index (χ0) is 21.5. The van der Waals surface area contributed by atoms with E-state index in [4.69, 9.17) is 9.84 Å². The van der Waals surface area contributed by atoms with Gasteiger partial charge in [0.25, 0.3) is 0 Å². The minimum Gasteiger partial charge on any atom is -0.466 e. The van der Waals surface area contributed by atoms with E-state index >= 15 is 0 Å². The number of unbranched alkanes of at least 4 members (excludes halogenated alkanes) is 1. The van der Waals surface area contributed by atoms with Crippen molar-refractivity contribution in [3.63, 3.8) is 0 Å². The number of hydrogen-bond donors (Lipinski definition) is 2. The average molecular weight is 413 g/mol. The fourth-order valence-corrected chi connectivity index (χ4v) is 3.52. The largest absolute Gasteiger partial charge is 0.466 e. The fourth-order valence-electron chi connectivity index (χ4n) is 3.52. The summed E-state index contributed by atoms with van der Waals surface area (Å²) in [4.78, 5) is 23.6. The molecule has 2 unspecified atom stereocenters. The van der Waals surface area contributed by atoms with Gasteiger partial charge in [-0.2, -0.15) is 0 Å². The molecule has 0 heterocycles. The highest BCUT2D eigenvalue weighted by atomic mass is 19.1. The molecule has 0 saturated heterocycles. The molecular weight excluding hydrogens is 375 g/mol. The van der Waals surface area contributed by atoms with Crippen LogP contribution in [0.3, 0.4) is 0 Å². The molecule has 0 aromatic carbocycles. The number of carbonyl (C=O) groups is 2. The van der Waals surface area contributed by atoms with Crippen LogP contribution in [0, 0.1) is 11.8 Å². The van der Waals surface area contributed by atoms with Crippen LogP contribution in [0.15, 0.2) is 24.3 Å². The third kappa shape index (κ3) is 10.7. The van der Waals surface area contributed by atoms with E-state index in [1.165, 1.54) is 6.08 Å². The minimum atomic E-state index is -1.25. The summed E-state index contributed by atoms with van der Waals surface area (Å²) < 4.78 is 18.8. The van der Waals surface area contributed by atoms with Crippen molar-refractivity contribution >= 4 is 11.8 Å². The Kier molecular flexibility index (Phi) is 13.5. The number of allylic oxidation sites excluding steroid dienone is 3. The third-order valence-corrected chi connectivity index (χ3v) is 5.31. The zero-order valence-electron chi connectivity index (χ0n) is 17.6. The van der Waals surface area contributed by atoms with Crippen LogP contribution < -0.4 is 0 Å². The molecule has 1 aliphatic rings. The molecule has 4 atom stereocenters. The number of Topliss-reactive ketones (excluding diaryl/α,β-unsaturated/α-hetero) is 1. The minimum absolute atomic E-state index is 0.00935. The number of halogens is 1. The standard InChI is InChI=1S/C23H37FO5/c1-2-3-10-20(24)22(27)15-13-18-12-14-21(26)19(18)9-6-4-5-7-11-23(28)29-17-8-16-25/h4-5,13,15,18-20,22,25,27H,2-3,6-12,14,16-17H2,1H3/b5-4+,15-13?/t18-,19-,20?,22?/m1/s1. The summed E-state index contributed by atoms with van der Waals surface area (Å²) in [6, 6.07) is 0. The molecule has 0 aliphatic heterocycles. The van der Waals surface area contributed by atoms with Crippen molar-refractivity contribution in [3.05, 3.63) is 24.3 Å². The Balaban J connectivity index is 2.33. The Morgan fingerprint density at radius 2 is 2.07 bits per heavy atom. The Morgan fingerprint density at radius 3 is 2.79 bits per heavy atom. The van der Waals surface area contributed by atoms with Gasteiger partial charge in [0.2, 0.25) is 0 Å². The van der Waals surface area contributed by atoms with E-state index in [0.717, 1.165) is 32.1 Å². The second kappa shape index (κ2) is 15.3. The number of esters is 1. The highest BCUT2D eigenvalue weighted by Crippen LogP contribution is 2.33. The van der Waals surface area contributed by atoms with Gasteiger partial charge in [-0.3, -0.25) is 9.59 Å². The average Bonchev–Trinajstić information content (AvgIpc) is 3.06. The van der Waals surface area contributed by atoms with Gasteiger partial charge >= 0.3 is 5.97 Å². The number of alkyl halides is 1. The normalized spacial score (nSPS) is 21.9. The summed E-state index contributed by atoms with van der Waals surface area (Å²) >= 11 is 0. The van der Waals surface area contributed by atoms with Gasteiger partial charge in [0.15, 0.2) is 0 Å². The second-order valence-corrected chi connectivity index (χ2v) is 7.69. The first-order valence-corrected chi connectivity index (χ1v) is 10.9. The van der Waals surface area contributed by atoms with Crippen LogP contribution in [0.1, 0.15) is 71.1 Å². The van der Waals surface area contributed by atoms with Gasteiger partial charge in [-0.05, 0) is 38.0 Å². The van der Waals surface area contributed by atoms with Crippen molar-refractivity contribution in [2.24, 2.45) is 11.8 Å². The van der Waals surface area contributed by atoms with E-state index in [1.807, 2.05) is 25.2 Å². The molecule has 1 fully saturated rings. The molecule has 166 valence electrons. The van der Waals surface area contributed by atoms with E-state index in [0.29, 0.717) is 32.1 Å². The molecule has 0 aromatic heterocycles. The summed E-state index contributed by atoms with van der Waals surface area (Å²) in [5.41, 5.74) is 0. The van der Waals surface area contributed by atoms with Crippen molar-refractivity contribution in [1.29, 1.82) is 0 Å². The van der Waals surface area contributed by atoms with Crippen LogP contribution in [0.5, 0.6) is 0 Å². The number of carbonyl (C=O) groups excluding carboxylic acids is 2. The van der Waals surface area contributed by atoms with Crippen molar-refractivity contribution < 1.29 is 28.9 Å². The van der Waals surface area contributed by atoms with Crippen LogP contribution in [-0.2, 0) is 14.3 Å². The first-order valence-electron chi connectivity index (χ1n) is 10.9. The summed E-state index contributed by atoms with van der Waals surface area (Å²) in [6.07, 6.45) is 11.0. The Labute approximate surface area is 174 Å². The van der Waals surface area contributed by atoms with Crippen molar-refractivity contribution in [1.82, 2.24) is 0 Å². The molecule has 1 saturated carbocycles. The van der Waals surface area contributed by atoms with E-state index in [9.17, 15) is 19.1 Å². The lowest BCUT2D eigenvalue weighted by Crippen LogP contribution is -2.20. The number of hydrogen-bond acceptors (Lipinski definition) is 5. The van der Waals surface area contributed by atoms with Crippen molar-refractivity contribution in [2.75, 3.05) is 13.2 Å². The van der Waals surface area contributed by atoms with Crippen LogP contribution in [0.2, 0.25) is 0 Å². The Bertz CT molecular complexity index is 531. The number of aliphatic hydroxyl groups is 2. The first kappa shape index (κ1) is 25.5. The molecule has 0 bridgehead atoms. The highest BCUT2D eigenvalue weighted by Gasteiger charge is 2.32. The van der Waals surface area contributed by atoms with Gasteiger partial charge in [0.05, 0.1) is 6.61 Å². The molecule has 1 rings (SSSR count). The van der Waals surface area contributed by atoms with Crippen LogP contribution in [-0.4, -0.2) is 47.5 Å². The number of ether oxygens (including phenoxy) is 1. The van der Waals surface area contributed by atoms with Crippen molar-refractivity contribution in [3.8, 4) is 0 Å². The fraction of sp³-hybridized carbons (Fsp3) is 0.739. The molecule has 0 aromatic rings. The topological polar surface area (TPSA) is 83.8 Å². The SMILES string of the molecule is CCCCC(F)C(O)C=C[C@H]1CCC(=O)[C@@H]1CC/C=C/CCC(=O)OCCCO. The van der Waals surface area contributed by atoms with Crippen molar-refractivity contribution in [2.45, 2.75) is 83.4 Å². The maximum Gasteiger partial charge on any atom is 0.306 e. The van der Waals surface area contributed by atoms with Gasteiger partial charge in [0, 0.05) is 31.8 Å². The highest BCUT2D eigenvalue weighted by molar-refractivity contribution is 5.83. The Hall–Kier alpha value is -1.53. The molecule has 5 nitrogen and oxygen atoms in total. The molecule has 2 N–H and O–H groups in total. The molecule has 0 amide bonds. The smallest absolute Gasteiger partial charge is 0.306 e. The predicted molar refractivity (Wildman–Crippen MR) is 111 cm³/mol. The van der Waals surface area contributed by atoms with Gasteiger partial charge in [-0.1, -0.05) is 44.1 Å². The first-order chi connectivity index (χ1) is 14.0. The second-order valence-electron chi connectivity index (χ2n) is 7.69. The molecule has 6 heteroatoms.